The molecule has 1 aromatic carbocycles. The molecule has 1 aromatic rings. The summed E-state index contributed by atoms with van der Waals surface area (Å²) in [5, 5.41) is 3.62. The summed E-state index contributed by atoms with van der Waals surface area (Å²) < 4.78 is 13.7. The van der Waals surface area contributed by atoms with Crippen LogP contribution in [0.4, 0.5) is 4.39 Å². The molecule has 0 spiro atoms. The number of rotatable bonds is 5. The van der Waals surface area contributed by atoms with Gasteiger partial charge in [0.2, 0.25) is 0 Å². The van der Waals surface area contributed by atoms with E-state index < -0.39 is 0 Å². The Morgan fingerprint density at radius 1 is 1.45 bits per heavy atom. The van der Waals surface area contributed by atoms with Crippen LogP contribution in [0.25, 0.3) is 0 Å². The number of nitrogens with zero attached hydrogens (tertiary/aromatic N) is 1. The van der Waals surface area contributed by atoms with Crippen molar-refractivity contribution in [3.8, 4) is 0 Å². The van der Waals surface area contributed by atoms with Gasteiger partial charge in [0.05, 0.1) is 0 Å². The Morgan fingerprint density at radius 3 is 2.90 bits per heavy atom. The summed E-state index contributed by atoms with van der Waals surface area (Å²) in [5.41, 5.74) is 2.07. The number of benzene rings is 1. The van der Waals surface area contributed by atoms with Crippen LogP contribution in [0.5, 0.6) is 0 Å². The average molecular weight is 296 g/mol. The minimum absolute atomic E-state index is 0.130. The van der Waals surface area contributed by atoms with Crippen LogP contribution >= 0.6 is 11.8 Å². The van der Waals surface area contributed by atoms with Crippen molar-refractivity contribution >= 4 is 11.8 Å². The molecule has 0 saturated carbocycles. The van der Waals surface area contributed by atoms with Crippen LogP contribution in [-0.2, 0) is 0 Å². The standard InChI is InChI=1S/C16H25FN2S/c1-4-5-18-16(15-11-20-7-6-19(15)3)13-8-12(2)9-14(17)10-13/h8-10,15-16,18H,4-7,11H2,1-3H3. The van der Waals surface area contributed by atoms with Crippen molar-refractivity contribution < 1.29 is 4.39 Å². The van der Waals surface area contributed by atoms with Gasteiger partial charge in [-0.2, -0.15) is 11.8 Å². The van der Waals surface area contributed by atoms with E-state index in [4.69, 9.17) is 0 Å². The second-order valence-corrected chi connectivity index (χ2v) is 6.77. The van der Waals surface area contributed by atoms with Gasteiger partial charge in [-0.25, -0.2) is 4.39 Å². The third-order valence-electron chi connectivity index (χ3n) is 3.87. The zero-order chi connectivity index (χ0) is 14.5. The summed E-state index contributed by atoms with van der Waals surface area (Å²) in [6.45, 7) is 6.20. The molecular formula is C16H25FN2S. The van der Waals surface area contributed by atoms with Crippen molar-refractivity contribution in [3.63, 3.8) is 0 Å². The van der Waals surface area contributed by atoms with E-state index in [1.807, 2.05) is 18.7 Å². The summed E-state index contributed by atoms with van der Waals surface area (Å²) in [6.07, 6.45) is 1.09. The fourth-order valence-corrected chi connectivity index (χ4v) is 4.05. The largest absolute Gasteiger partial charge is 0.309 e. The van der Waals surface area contributed by atoms with E-state index in [1.165, 1.54) is 5.75 Å². The van der Waals surface area contributed by atoms with Crippen LogP contribution in [0.2, 0.25) is 0 Å². The summed E-state index contributed by atoms with van der Waals surface area (Å²) >= 11 is 2.00. The van der Waals surface area contributed by atoms with Gasteiger partial charge in [-0.15, -0.1) is 0 Å². The summed E-state index contributed by atoms with van der Waals surface area (Å²) in [6, 6.07) is 6.04. The molecule has 4 heteroatoms. The van der Waals surface area contributed by atoms with Crippen molar-refractivity contribution in [3.05, 3.63) is 35.1 Å². The van der Waals surface area contributed by atoms with Gasteiger partial charge in [-0.05, 0) is 50.2 Å². The lowest BCUT2D eigenvalue weighted by Crippen LogP contribution is -2.48. The van der Waals surface area contributed by atoms with E-state index in [0.717, 1.165) is 36.4 Å². The first-order chi connectivity index (χ1) is 9.61. The van der Waals surface area contributed by atoms with Crippen LogP contribution < -0.4 is 5.32 Å². The van der Waals surface area contributed by atoms with E-state index in [9.17, 15) is 4.39 Å². The number of aryl methyl sites for hydroxylation is 1. The van der Waals surface area contributed by atoms with Crippen LogP contribution in [0.3, 0.4) is 0 Å². The fraction of sp³-hybridized carbons (Fsp3) is 0.625. The first-order valence-corrected chi connectivity index (χ1v) is 8.55. The Balaban J connectivity index is 2.25. The maximum absolute atomic E-state index is 13.7. The molecule has 2 atom stereocenters. The van der Waals surface area contributed by atoms with E-state index in [0.29, 0.717) is 6.04 Å². The Kier molecular flexibility index (Phi) is 5.87. The highest BCUT2D eigenvalue weighted by Gasteiger charge is 2.29. The maximum Gasteiger partial charge on any atom is 0.123 e. The first kappa shape index (κ1) is 15.8. The molecule has 2 rings (SSSR count). The predicted octanol–water partition coefficient (Wildman–Crippen LogP) is 3.22. The Bertz CT molecular complexity index is 418. The highest BCUT2D eigenvalue weighted by atomic mass is 32.2. The van der Waals surface area contributed by atoms with Crippen molar-refractivity contribution in [2.45, 2.75) is 32.4 Å². The second kappa shape index (κ2) is 7.43. The van der Waals surface area contributed by atoms with Gasteiger partial charge < -0.3 is 5.32 Å². The van der Waals surface area contributed by atoms with Gasteiger partial charge in [0.15, 0.2) is 0 Å². The third kappa shape index (κ3) is 3.96. The molecule has 1 saturated heterocycles. The second-order valence-electron chi connectivity index (χ2n) is 5.62. The number of halogens is 1. The first-order valence-electron chi connectivity index (χ1n) is 7.40. The molecule has 2 nitrogen and oxygen atoms in total. The molecule has 112 valence electrons. The van der Waals surface area contributed by atoms with Gasteiger partial charge in [0, 0.05) is 30.1 Å². The number of hydrogen-bond donors (Lipinski definition) is 1. The van der Waals surface area contributed by atoms with Gasteiger partial charge in [0.25, 0.3) is 0 Å². The Hall–Kier alpha value is -0.580. The molecule has 1 aliphatic heterocycles. The monoisotopic (exact) mass is 296 g/mol. The van der Waals surface area contributed by atoms with Crippen LogP contribution in [0.1, 0.15) is 30.5 Å². The molecule has 0 radical (unpaired) electrons. The minimum atomic E-state index is -0.130. The zero-order valence-corrected chi connectivity index (χ0v) is 13.5. The predicted molar refractivity (Wildman–Crippen MR) is 85.9 cm³/mol. The van der Waals surface area contributed by atoms with Crippen LogP contribution in [-0.4, -0.2) is 42.6 Å². The molecular weight excluding hydrogens is 271 g/mol. The van der Waals surface area contributed by atoms with E-state index in [1.54, 1.807) is 12.1 Å². The average Bonchev–Trinajstić information content (AvgIpc) is 2.40. The Morgan fingerprint density at radius 2 is 2.25 bits per heavy atom. The molecule has 0 bridgehead atoms. The number of likely N-dealkylation sites (N-methyl/N-ethyl adjacent to an activating group) is 1. The lowest BCUT2D eigenvalue weighted by Gasteiger charge is -2.38. The lowest BCUT2D eigenvalue weighted by atomic mass is 9.97. The summed E-state index contributed by atoms with van der Waals surface area (Å²) in [4.78, 5) is 2.41. The maximum atomic E-state index is 13.7. The van der Waals surface area contributed by atoms with Gasteiger partial charge in [0.1, 0.15) is 5.82 Å². The summed E-state index contributed by atoms with van der Waals surface area (Å²) in [5.74, 6) is 2.16. The van der Waals surface area contributed by atoms with E-state index in [2.05, 4.69) is 30.3 Å². The van der Waals surface area contributed by atoms with Gasteiger partial charge in [-0.3, -0.25) is 4.90 Å². The van der Waals surface area contributed by atoms with Crippen LogP contribution in [0.15, 0.2) is 18.2 Å². The van der Waals surface area contributed by atoms with Crippen molar-refractivity contribution in [1.82, 2.24) is 10.2 Å². The van der Waals surface area contributed by atoms with Gasteiger partial charge in [-0.1, -0.05) is 13.0 Å². The highest BCUT2D eigenvalue weighted by molar-refractivity contribution is 7.99. The number of nitrogens with one attached hydrogen (secondary N) is 1. The van der Waals surface area contributed by atoms with Crippen molar-refractivity contribution in [1.29, 1.82) is 0 Å². The SMILES string of the molecule is CCCNC(c1cc(C)cc(F)c1)C1CSCCN1C. The Labute approximate surface area is 126 Å². The molecule has 1 aliphatic rings. The normalized spacial score (nSPS) is 21.9. The molecule has 0 aromatic heterocycles. The van der Waals surface area contributed by atoms with Crippen molar-refractivity contribution in [2.75, 3.05) is 31.6 Å². The number of thioether (sulfide) groups is 1. The topological polar surface area (TPSA) is 15.3 Å². The molecule has 20 heavy (non-hydrogen) atoms. The third-order valence-corrected chi connectivity index (χ3v) is 4.91. The molecule has 1 fully saturated rings. The molecule has 1 heterocycles. The van der Waals surface area contributed by atoms with E-state index in [-0.39, 0.29) is 11.9 Å². The number of hydrogen-bond acceptors (Lipinski definition) is 3. The molecule has 1 N–H and O–H groups in total. The quantitative estimate of drug-likeness (QED) is 0.898. The minimum Gasteiger partial charge on any atom is -0.309 e. The van der Waals surface area contributed by atoms with Crippen LogP contribution in [0, 0.1) is 12.7 Å². The lowest BCUT2D eigenvalue weighted by molar-refractivity contribution is 0.215. The zero-order valence-electron chi connectivity index (χ0n) is 12.7. The summed E-state index contributed by atoms with van der Waals surface area (Å²) in [7, 11) is 2.18. The van der Waals surface area contributed by atoms with Gasteiger partial charge >= 0.3 is 0 Å². The highest BCUT2D eigenvalue weighted by Crippen LogP contribution is 2.28. The van der Waals surface area contributed by atoms with E-state index >= 15 is 0 Å². The fourth-order valence-electron chi connectivity index (χ4n) is 2.78. The molecule has 2 unspecified atom stereocenters. The molecule has 0 amide bonds. The smallest absolute Gasteiger partial charge is 0.123 e. The van der Waals surface area contributed by atoms with Crippen molar-refractivity contribution in [2.24, 2.45) is 0 Å². The molecule has 0 aliphatic carbocycles.